The Bertz CT molecular complexity index is 1810. The van der Waals surface area contributed by atoms with Crippen LogP contribution < -0.4 is 10.1 Å². The fraction of sp³-hybridized carbons (Fsp3) is 0.111. The van der Waals surface area contributed by atoms with Crippen LogP contribution in [0.15, 0.2) is 109 Å². The summed E-state index contributed by atoms with van der Waals surface area (Å²) in [6, 6.07) is 30.3. The normalized spacial score (nSPS) is 12.7. The number of rotatable bonds is 8. The lowest BCUT2D eigenvalue weighted by molar-refractivity contribution is -0.137. The number of alkyl carbamates (subject to hydrolysis) is 1. The zero-order valence-corrected chi connectivity index (χ0v) is 23.9. The Balaban J connectivity index is 1.33. The summed E-state index contributed by atoms with van der Waals surface area (Å²) in [4.78, 5) is 27.1. The highest BCUT2D eigenvalue weighted by molar-refractivity contribution is 5.85. The van der Waals surface area contributed by atoms with Gasteiger partial charge in [-0.15, -0.1) is 0 Å². The van der Waals surface area contributed by atoms with E-state index in [4.69, 9.17) is 9.47 Å². The number of nitrogens with one attached hydrogen (secondary N) is 1. The van der Waals surface area contributed by atoms with Crippen molar-refractivity contribution in [3.8, 4) is 16.9 Å². The summed E-state index contributed by atoms with van der Waals surface area (Å²) in [5.41, 5.74) is 4.81. The molecule has 0 bridgehead atoms. The molecule has 232 valence electrons. The quantitative estimate of drug-likeness (QED) is 0.0621. The predicted octanol–water partition coefficient (Wildman–Crippen LogP) is 8.03. The molecule has 0 saturated heterocycles. The van der Waals surface area contributed by atoms with Crippen molar-refractivity contribution in [3.63, 3.8) is 0 Å². The SMILES string of the molecule is O=C(NC(C(=O)Oc1c(F)c(F)c(F)c(F)c1F)C(c1ccccc1)c1ccccc1)OCC1c2ccccc2-c2ccccc21. The van der Waals surface area contributed by atoms with E-state index in [0.717, 1.165) is 22.3 Å². The zero-order chi connectivity index (χ0) is 32.4. The zero-order valence-electron chi connectivity index (χ0n) is 23.9. The Kier molecular flexibility index (Phi) is 8.52. The number of benzene rings is 5. The molecule has 6 rings (SSSR count). The van der Waals surface area contributed by atoms with Crippen LogP contribution in [0.3, 0.4) is 0 Å². The van der Waals surface area contributed by atoms with Crippen LogP contribution in [0.5, 0.6) is 5.75 Å². The first-order chi connectivity index (χ1) is 22.3. The van der Waals surface area contributed by atoms with Crippen molar-refractivity contribution in [2.45, 2.75) is 17.9 Å². The van der Waals surface area contributed by atoms with Gasteiger partial charge in [0.15, 0.2) is 0 Å². The van der Waals surface area contributed by atoms with Crippen molar-refractivity contribution in [3.05, 3.63) is 161 Å². The van der Waals surface area contributed by atoms with Crippen LogP contribution in [0.1, 0.15) is 34.1 Å². The first-order valence-corrected chi connectivity index (χ1v) is 14.2. The van der Waals surface area contributed by atoms with E-state index in [1.54, 1.807) is 60.7 Å². The molecule has 1 unspecified atom stereocenters. The van der Waals surface area contributed by atoms with Gasteiger partial charge in [0.1, 0.15) is 12.6 Å². The maximum Gasteiger partial charge on any atom is 0.407 e. The maximum atomic E-state index is 14.6. The maximum absolute atomic E-state index is 14.6. The van der Waals surface area contributed by atoms with Gasteiger partial charge in [-0.1, -0.05) is 109 Å². The number of esters is 1. The summed E-state index contributed by atoms with van der Waals surface area (Å²) in [5, 5.41) is 2.44. The summed E-state index contributed by atoms with van der Waals surface area (Å²) in [6.07, 6.45) is -1.07. The highest BCUT2D eigenvalue weighted by atomic mass is 19.2. The average Bonchev–Trinajstić information content (AvgIpc) is 3.41. The predicted molar refractivity (Wildman–Crippen MR) is 159 cm³/mol. The molecular formula is C36H24F5NO4. The van der Waals surface area contributed by atoms with Crippen molar-refractivity contribution in [2.24, 2.45) is 0 Å². The summed E-state index contributed by atoms with van der Waals surface area (Å²) in [5.74, 6) is -16.3. The number of hydrogen-bond donors (Lipinski definition) is 1. The van der Waals surface area contributed by atoms with Crippen LogP contribution in [0.4, 0.5) is 26.7 Å². The third-order valence-corrected chi connectivity index (χ3v) is 7.89. The molecule has 0 fully saturated rings. The van der Waals surface area contributed by atoms with Gasteiger partial charge in [0.05, 0.1) is 0 Å². The first kappa shape index (κ1) is 30.5. The van der Waals surface area contributed by atoms with Gasteiger partial charge in [0, 0.05) is 11.8 Å². The molecule has 1 aliphatic carbocycles. The average molecular weight is 630 g/mol. The van der Waals surface area contributed by atoms with Crippen molar-refractivity contribution in [2.75, 3.05) is 6.61 Å². The van der Waals surface area contributed by atoms with Gasteiger partial charge in [-0.05, 0) is 33.4 Å². The number of amides is 1. The molecule has 0 aromatic heterocycles. The lowest BCUT2D eigenvalue weighted by Gasteiger charge is -2.27. The fourth-order valence-electron chi connectivity index (χ4n) is 5.78. The second-order valence-electron chi connectivity index (χ2n) is 10.6. The minimum absolute atomic E-state index is 0.124. The van der Waals surface area contributed by atoms with Gasteiger partial charge in [-0.2, -0.15) is 8.78 Å². The number of halogens is 5. The van der Waals surface area contributed by atoms with Crippen LogP contribution >= 0.6 is 0 Å². The molecule has 0 saturated carbocycles. The van der Waals surface area contributed by atoms with E-state index in [2.05, 4.69) is 5.32 Å². The lowest BCUT2D eigenvalue weighted by Crippen LogP contribution is -2.48. The van der Waals surface area contributed by atoms with Crippen molar-refractivity contribution < 1.29 is 41.0 Å². The van der Waals surface area contributed by atoms with E-state index in [0.29, 0.717) is 11.1 Å². The largest absolute Gasteiger partial charge is 0.449 e. The minimum atomic E-state index is -2.41. The fourth-order valence-corrected chi connectivity index (χ4v) is 5.78. The molecule has 1 atom stereocenters. The van der Waals surface area contributed by atoms with E-state index in [9.17, 15) is 31.5 Å². The highest BCUT2D eigenvalue weighted by Gasteiger charge is 2.38. The second-order valence-corrected chi connectivity index (χ2v) is 10.6. The monoisotopic (exact) mass is 629 g/mol. The molecule has 1 N–H and O–H groups in total. The van der Waals surface area contributed by atoms with Gasteiger partial charge < -0.3 is 14.8 Å². The second kappa shape index (κ2) is 12.8. The van der Waals surface area contributed by atoms with Gasteiger partial charge in [0.2, 0.25) is 34.8 Å². The third kappa shape index (κ3) is 5.69. The standard InChI is InChI=1S/C36H24F5NO4/c37-28-29(38)31(40)34(32(41)30(28)39)46-35(43)33(27(20-11-3-1-4-12-20)21-13-5-2-6-14-21)42-36(44)45-19-26-24-17-9-7-15-22(24)23-16-8-10-18-25(23)26/h1-18,26-27,33H,19H2,(H,42,44). The van der Waals surface area contributed by atoms with Gasteiger partial charge >= 0.3 is 12.1 Å². The third-order valence-electron chi connectivity index (χ3n) is 7.89. The highest BCUT2D eigenvalue weighted by Crippen LogP contribution is 2.44. The van der Waals surface area contributed by atoms with Gasteiger partial charge in [-0.3, -0.25) is 0 Å². The van der Waals surface area contributed by atoms with Crippen LogP contribution in [-0.4, -0.2) is 24.7 Å². The Labute approximate surface area is 260 Å². The Morgan fingerprint density at radius 2 is 1.04 bits per heavy atom. The van der Waals surface area contributed by atoms with Crippen LogP contribution in [0.2, 0.25) is 0 Å². The molecule has 0 aliphatic heterocycles. The molecule has 5 aromatic carbocycles. The molecule has 1 amide bonds. The number of hydrogen-bond acceptors (Lipinski definition) is 4. The van der Waals surface area contributed by atoms with E-state index in [1.165, 1.54) is 0 Å². The molecule has 0 heterocycles. The van der Waals surface area contributed by atoms with Gasteiger partial charge in [-0.25, -0.2) is 22.8 Å². The summed E-state index contributed by atoms with van der Waals surface area (Å²) in [6.45, 7) is -0.124. The number of ether oxygens (including phenoxy) is 2. The first-order valence-electron chi connectivity index (χ1n) is 14.2. The molecule has 1 aliphatic rings. The van der Waals surface area contributed by atoms with Crippen LogP contribution in [0, 0.1) is 29.1 Å². The molecule has 5 aromatic rings. The Hall–Kier alpha value is -5.51. The van der Waals surface area contributed by atoms with Crippen LogP contribution in [-0.2, 0) is 9.53 Å². The topological polar surface area (TPSA) is 64.6 Å². The Morgan fingerprint density at radius 1 is 0.609 bits per heavy atom. The van der Waals surface area contributed by atoms with Gasteiger partial charge in [0.25, 0.3) is 0 Å². The molecule has 46 heavy (non-hydrogen) atoms. The van der Waals surface area contributed by atoms with Crippen molar-refractivity contribution in [1.29, 1.82) is 0 Å². The summed E-state index contributed by atoms with van der Waals surface area (Å²) < 4.78 is 81.2. The number of fused-ring (bicyclic) bond motifs is 3. The molecule has 10 heteroatoms. The van der Waals surface area contributed by atoms with Crippen LogP contribution in [0.25, 0.3) is 11.1 Å². The van der Waals surface area contributed by atoms with E-state index < -0.39 is 58.9 Å². The molecule has 5 nitrogen and oxygen atoms in total. The lowest BCUT2D eigenvalue weighted by atomic mass is 9.85. The summed E-state index contributed by atoms with van der Waals surface area (Å²) in [7, 11) is 0. The minimum Gasteiger partial charge on any atom is -0.449 e. The van der Waals surface area contributed by atoms with E-state index in [-0.39, 0.29) is 12.5 Å². The Morgan fingerprint density at radius 3 is 1.54 bits per heavy atom. The van der Waals surface area contributed by atoms with Crippen molar-refractivity contribution >= 4 is 12.1 Å². The smallest absolute Gasteiger partial charge is 0.407 e. The van der Waals surface area contributed by atoms with E-state index >= 15 is 0 Å². The molecule has 0 spiro atoms. The molecule has 0 radical (unpaired) electrons. The molecular weight excluding hydrogens is 605 g/mol. The van der Waals surface area contributed by atoms with Crippen molar-refractivity contribution in [1.82, 2.24) is 5.32 Å². The van der Waals surface area contributed by atoms with E-state index in [1.807, 2.05) is 48.5 Å². The number of carbonyl (C=O) groups is 2. The summed E-state index contributed by atoms with van der Waals surface area (Å²) >= 11 is 0. The number of carbonyl (C=O) groups excluding carboxylic acids is 2.